The molecule has 2 nitrogen and oxygen atoms in total. The summed E-state index contributed by atoms with van der Waals surface area (Å²) in [5.41, 5.74) is 0.887. The van der Waals surface area contributed by atoms with Crippen LogP contribution in [0.2, 0.25) is 10.0 Å². The van der Waals surface area contributed by atoms with Crippen LogP contribution >= 0.6 is 23.2 Å². The fourth-order valence-electron chi connectivity index (χ4n) is 0.966. The lowest BCUT2D eigenvalue weighted by molar-refractivity contribution is -0.0731. The van der Waals surface area contributed by atoms with E-state index >= 15 is 0 Å². The van der Waals surface area contributed by atoms with E-state index in [-0.39, 0.29) is 0 Å². The first-order chi connectivity index (χ1) is 5.58. The summed E-state index contributed by atoms with van der Waals surface area (Å²) in [5.74, 6) is 0. The zero-order valence-electron chi connectivity index (χ0n) is 6.59. The minimum atomic E-state index is 0.417. The third-order valence-electron chi connectivity index (χ3n) is 1.33. The molecule has 66 valence electrons. The Balaban J connectivity index is 2.85. The molecule has 0 fully saturated rings. The smallest absolute Gasteiger partial charge is 0.0486 e. The van der Waals surface area contributed by atoms with Crippen LogP contribution in [-0.4, -0.2) is 17.3 Å². The van der Waals surface area contributed by atoms with Crippen LogP contribution in [0.3, 0.4) is 0 Å². The van der Waals surface area contributed by atoms with E-state index in [2.05, 4.69) is 0 Å². The standard InChI is InChI=1S/C8H9Cl2NO/c1-11(12)5-6-2-7(9)4-8(10)3-6/h2-4,12H,5H2,1H3. The molecule has 0 aromatic heterocycles. The number of hydrogen-bond acceptors (Lipinski definition) is 2. The lowest BCUT2D eigenvalue weighted by Crippen LogP contribution is -2.11. The van der Waals surface area contributed by atoms with E-state index in [1.165, 1.54) is 0 Å². The fraction of sp³-hybridized carbons (Fsp3) is 0.250. The molecule has 0 aliphatic heterocycles. The Hall–Kier alpha value is -0.280. The summed E-state index contributed by atoms with van der Waals surface area (Å²) in [6.07, 6.45) is 0. The lowest BCUT2D eigenvalue weighted by Gasteiger charge is -2.08. The van der Waals surface area contributed by atoms with Gasteiger partial charge >= 0.3 is 0 Å². The Labute approximate surface area is 81.3 Å². The second kappa shape index (κ2) is 4.10. The van der Waals surface area contributed by atoms with Gasteiger partial charge in [0.1, 0.15) is 0 Å². The number of halogens is 2. The van der Waals surface area contributed by atoms with E-state index in [0.717, 1.165) is 10.6 Å². The lowest BCUT2D eigenvalue weighted by atomic mass is 10.2. The van der Waals surface area contributed by atoms with Gasteiger partial charge in [-0.2, -0.15) is 5.06 Å². The minimum absolute atomic E-state index is 0.417. The van der Waals surface area contributed by atoms with Gasteiger partial charge in [-0.25, -0.2) is 0 Å². The Morgan fingerprint density at radius 3 is 2.17 bits per heavy atom. The van der Waals surface area contributed by atoms with E-state index in [9.17, 15) is 0 Å². The van der Waals surface area contributed by atoms with Crippen molar-refractivity contribution in [3.63, 3.8) is 0 Å². The van der Waals surface area contributed by atoms with Crippen molar-refractivity contribution in [1.82, 2.24) is 5.06 Å². The maximum atomic E-state index is 8.93. The normalized spacial score (nSPS) is 10.8. The molecule has 1 rings (SSSR count). The van der Waals surface area contributed by atoms with Crippen LogP contribution in [0.1, 0.15) is 5.56 Å². The Bertz CT molecular complexity index is 256. The first-order valence-corrected chi connectivity index (χ1v) is 4.18. The summed E-state index contributed by atoms with van der Waals surface area (Å²) in [4.78, 5) is 0. The highest BCUT2D eigenvalue weighted by molar-refractivity contribution is 6.34. The Kier molecular flexibility index (Phi) is 3.35. The van der Waals surface area contributed by atoms with Gasteiger partial charge in [-0.05, 0) is 23.8 Å². The van der Waals surface area contributed by atoms with Gasteiger partial charge in [0.25, 0.3) is 0 Å². The van der Waals surface area contributed by atoms with Crippen molar-refractivity contribution in [3.05, 3.63) is 33.8 Å². The molecule has 0 spiro atoms. The molecule has 4 heteroatoms. The average molecular weight is 206 g/mol. The van der Waals surface area contributed by atoms with Gasteiger partial charge in [-0.15, -0.1) is 0 Å². The third kappa shape index (κ3) is 2.99. The minimum Gasteiger partial charge on any atom is -0.314 e. The van der Waals surface area contributed by atoms with Gasteiger partial charge in [0.15, 0.2) is 0 Å². The zero-order valence-corrected chi connectivity index (χ0v) is 8.10. The van der Waals surface area contributed by atoms with Crippen LogP contribution in [0, 0.1) is 0 Å². The van der Waals surface area contributed by atoms with Crippen molar-refractivity contribution >= 4 is 23.2 Å². The van der Waals surface area contributed by atoms with Gasteiger partial charge in [0, 0.05) is 23.6 Å². The summed E-state index contributed by atoms with van der Waals surface area (Å²) in [6.45, 7) is 0.417. The van der Waals surface area contributed by atoms with Crippen LogP contribution in [0.5, 0.6) is 0 Å². The molecule has 0 unspecified atom stereocenters. The molecule has 0 amide bonds. The van der Waals surface area contributed by atoms with Gasteiger partial charge < -0.3 is 5.21 Å². The van der Waals surface area contributed by atoms with Crippen LogP contribution in [-0.2, 0) is 6.54 Å². The van der Waals surface area contributed by atoms with Crippen molar-refractivity contribution in [2.75, 3.05) is 7.05 Å². The second-order valence-corrected chi connectivity index (χ2v) is 3.47. The molecule has 0 heterocycles. The van der Waals surface area contributed by atoms with E-state index in [1.54, 1.807) is 25.2 Å². The maximum absolute atomic E-state index is 8.93. The summed E-state index contributed by atoms with van der Waals surface area (Å²) in [7, 11) is 1.56. The van der Waals surface area contributed by atoms with Gasteiger partial charge in [0.05, 0.1) is 0 Å². The molecule has 1 aromatic rings. The molecular weight excluding hydrogens is 197 g/mol. The molecule has 0 atom stereocenters. The molecule has 1 N–H and O–H groups in total. The molecule has 0 saturated carbocycles. The van der Waals surface area contributed by atoms with Gasteiger partial charge in [0.2, 0.25) is 0 Å². The molecule has 1 aromatic carbocycles. The first kappa shape index (κ1) is 9.81. The number of benzene rings is 1. The third-order valence-corrected chi connectivity index (χ3v) is 1.77. The summed E-state index contributed by atoms with van der Waals surface area (Å²) >= 11 is 11.5. The number of hydroxylamine groups is 2. The van der Waals surface area contributed by atoms with E-state index < -0.39 is 0 Å². The summed E-state index contributed by atoms with van der Waals surface area (Å²) < 4.78 is 0. The first-order valence-electron chi connectivity index (χ1n) is 3.43. The Morgan fingerprint density at radius 1 is 1.25 bits per heavy atom. The quantitative estimate of drug-likeness (QED) is 0.752. The summed E-state index contributed by atoms with van der Waals surface area (Å²) in [6, 6.07) is 5.18. The van der Waals surface area contributed by atoms with Crippen LogP contribution in [0.25, 0.3) is 0 Å². The van der Waals surface area contributed by atoms with E-state index in [4.69, 9.17) is 28.4 Å². The van der Waals surface area contributed by atoms with Crippen LogP contribution in [0.4, 0.5) is 0 Å². The topological polar surface area (TPSA) is 23.5 Å². The predicted octanol–water partition coefficient (Wildman–Crippen LogP) is 2.81. The largest absolute Gasteiger partial charge is 0.314 e. The monoisotopic (exact) mass is 205 g/mol. The summed E-state index contributed by atoms with van der Waals surface area (Å²) in [5, 5.41) is 11.2. The van der Waals surface area contributed by atoms with E-state index in [1.807, 2.05) is 0 Å². The van der Waals surface area contributed by atoms with Crippen molar-refractivity contribution in [1.29, 1.82) is 0 Å². The van der Waals surface area contributed by atoms with Crippen molar-refractivity contribution < 1.29 is 5.21 Å². The molecule has 0 aliphatic rings. The van der Waals surface area contributed by atoms with Gasteiger partial charge in [-0.1, -0.05) is 23.2 Å². The Morgan fingerprint density at radius 2 is 1.75 bits per heavy atom. The zero-order chi connectivity index (χ0) is 9.14. The number of nitrogens with zero attached hydrogens (tertiary/aromatic N) is 1. The SMILES string of the molecule is CN(O)Cc1cc(Cl)cc(Cl)c1. The van der Waals surface area contributed by atoms with Crippen LogP contribution in [0.15, 0.2) is 18.2 Å². The van der Waals surface area contributed by atoms with Crippen molar-refractivity contribution in [2.24, 2.45) is 0 Å². The molecule has 0 aliphatic carbocycles. The maximum Gasteiger partial charge on any atom is 0.0486 e. The molecule has 0 saturated heterocycles. The number of hydrogen-bond donors (Lipinski definition) is 1. The van der Waals surface area contributed by atoms with Gasteiger partial charge in [-0.3, -0.25) is 0 Å². The average Bonchev–Trinajstić information content (AvgIpc) is 1.81. The highest BCUT2D eigenvalue weighted by atomic mass is 35.5. The van der Waals surface area contributed by atoms with Crippen molar-refractivity contribution in [3.8, 4) is 0 Å². The predicted molar refractivity (Wildman–Crippen MR) is 49.7 cm³/mol. The second-order valence-electron chi connectivity index (χ2n) is 2.59. The molecule has 12 heavy (non-hydrogen) atoms. The number of rotatable bonds is 2. The molecule has 0 bridgehead atoms. The highest BCUT2D eigenvalue weighted by Crippen LogP contribution is 2.19. The highest BCUT2D eigenvalue weighted by Gasteiger charge is 1.99. The van der Waals surface area contributed by atoms with Crippen LogP contribution < -0.4 is 0 Å². The van der Waals surface area contributed by atoms with Crippen molar-refractivity contribution in [2.45, 2.75) is 6.54 Å². The fourth-order valence-corrected chi connectivity index (χ4v) is 1.54. The molecular formula is C8H9Cl2NO. The molecule has 0 radical (unpaired) electrons. The van der Waals surface area contributed by atoms with E-state index in [0.29, 0.717) is 16.6 Å².